The van der Waals surface area contributed by atoms with Gasteiger partial charge in [0.1, 0.15) is 0 Å². The molecule has 1 aliphatic rings. The minimum atomic E-state index is -0.348. The van der Waals surface area contributed by atoms with Crippen LogP contribution in [0.25, 0.3) is 0 Å². The SMILES string of the molecule is O=[N+]([O-])c1cccc(CN2CCN(c3ccccc3Cl)CC2)c1. The van der Waals surface area contributed by atoms with Crippen molar-refractivity contribution < 1.29 is 4.92 Å². The summed E-state index contributed by atoms with van der Waals surface area (Å²) in [6.07, 6.45) is 0. The predicted octanol–water partition coefficient (Wildman–Crippen LogP) is 3.57. The summed E-state index contributed by atoms with van der Waals surface area (Å²) >= 11 is 6.25. The van der Waals surface area contributed by atoms with Gasteiger partial charge >= 0.3 is 0 Å². The van der Waals surface area contributed by atoms with E-state index in [0.29, 0.717) is 0 Å². The molecule has 2 aromatic rings. The fraction of sp³-hybridized carbons (Fsp3) is 0.294. The van der Waals surface area contributed by atoms with E-state index < -0.39 is 0 Å². The molecule has 1 heterocycles. The van der Waals surface area contributed by atoms with Crippen molar-refractivity contribution >= 4 is 23.0 Å². The Kier molecular flexibility index (Phi) is 4.79. The lowest BCUT2D eigenvalue weighted by Gasteiger charge is -2.36. The molecule has 0 aromatic heterocycles. The van der Waals surface area contributed by atoms with Gasteiger partial charge in [0, 0.05) is 44.9 Å². The first-order valence-electron chi connectivity index (χ1n) is 7.58. The lowest BCUT2D eigenvalue weighted by Crippen LogP contribution is -2.46. The fourth-order valence-corrected chi connectivity index (χ4v) is 3.14. The van der Waals surface area contributed by atoms with Gasteiger partial charge in [0.2, 0.25) is 0 Å². The summed E-state index contributed by atoms with van der Waals surface area (Å²) in [5.74, 6) is 0. The Morgan fingerprint density at radius 3 is 2.48 bits per heavy atom. The van der Waals surface area contributed by atoms with E-state index in [-0.39, 0.29) is 10.6 Å². The Morgan fingerprint density at radius 2 is 1.78 bits per heavy atom. The first-order valence-corrected chi connectivity index (χ1v) is 7.96. The number of para-hydroxylation sites is 1. The second-order valence-corrected chi connectivity index (χ2v) is 6.05. The van der Waals surface area contributed by atoms with Gasteiger partial charge in [-0.05, 0) is 17.7 Å². The van der Waals surface area contributed by atoms with Crippen molar-refractivity contribution in [2.45, 2.75) is 6.54 Å². The minimum absolute atomic E-state index is 0.150. The average Bonchev–Trinajstić information content (AvgIpc) is 2.56. The van der Waals surface area contributed by atoms with Crippen molar-refractivity contribution in [3.8, 4) is 0 Å². The predicted molar refractivity (Wildman–Crippen MR) is 92.0 cm³/mol. The molecule has 3 rings (SSSR count). The summed E-state index contributed by atoms with van der Waals surface area (Å²) in [5.41, 5.74) is 2.20. The van der Waals surface area contributed by atoms with E-state index in [2.05, 4.69) is 9.80 Å². The summed E-state index contributed by atoms with van der Waals surface area (Å²) in [4.78, 5) is 15.1. The molecular formula is C17H18ClN3O2. The molecule has 0 saturated carbocycles. The van der Waals surface area contributed by atoms with Crippen LogP contribution in [0.3, 0.4) is 0 Å². The maximum Gasteiger partial charge on any atom is 0.269 e. The topological polar surface area (TPSA) is 49.6 Å². The van der Waals surface area contributed by atoms with Crippen LogP contribution >= 0.6 is 11.6 Å². The van der Waals surface area contributed by atoms with Crippen LogP contribution < -0.4 is 4.90 Å². The Morgan fingerprint density at radius 1 is 1.04 bits per heavy atom. The molecule has 0 amide bonds. The highest BCUT2D eigenvalue weighted by Crippen LogP contribution is 2.26. The number of benzene rings is 2. The number of halogens is 1. The van der Waals surface area contributed by atoms with E-state index in [1.165, 1.54) is 6.07 Å². The molecule has 0 unspecified atom stereocenters. The number of nitrogens with zero attached hydrogens (tertiary/aromatic N) is 3. The highest BCUT2D eigenvalue weighted by molar-refractivity contribution is 6.33. The highest BCUT2D eigenvalue weighted by Gasteiger charge is 2.19. The van der Waals surface area contributed by atoms with E-state index in [1.54, 1.807) is 12.1 Å². The van der Waals surface area contributed by atoms with Gasteiger partial charge in [0.05, 0.1) is 15.6 Å². The zero-order valence-electron chi connectivity index (χ0n) is 12.7. The molecule has 120 valence electrons. The Bertz CT molecular complexity index is 700. The molecule has 0 spiro atoms. The number of non-ortho nitro benzene ring substituents is 1. The van der Waals surface area contributed by atoms with Crippen LogP contribution in [0.4, 0.5) is 11.4 Å². The van der Waals surface area contributed by atoms with Crippen LogP contribution in [0.15, 0.2) is 48.5 Å². The van der Waals surface area contributed by atoms with E-state index in [9.17, 15) is 10.1 Å². The third kappa shape index (κ3) is 3.81. The second kappa shape index (κ2) is 6.98. The number of rotatable bonds is 4. The number of hydrogen-bond acceptors (Lipinski definition) is 4. The summed E-state index contributed by atoms with van der Waals surface area (Å²) in [5, 5.41) is 11.6. The lowest BCUT2D eigenvalue weighted by molar-refractivity contribution is -0.384. The van der Waals surface area contributed by atoms with Crippen LogP contribution in [0, 0.1) is 10.1 Å². The number of nitro benzene ring substituents is 1. The van der Waals surface area contributed by atoms with Gasteiger partial charge in [-0.1, -0.05) is 35.9 Å². The van der Waals surface area contributed by atoms with Gasteiger partial charge in [0.25, 0.3) is 5.69 Å². The third-order valence-corrected chi connectivity index (χ3v) is 4.41. The molecule has 23 heavy (non-hydrogen) atoms. The first kappa shape index (κ1) is 15.8. The fourth-order valence-electron chi connectivity index (χ4n) is 2.88. The molecular weight excluding hydrogens is 314 g/mol. The summed E-state index contributed by atoms with van der Waals surface area (Å²) in [6, 6.07) is 14.7. The minimum Gasteiger partial charge on any atom is -0.368 e. The molecule has 1 fully saturated rings. The van der Waals surface area contributed by atoms with Crippen molar-refractivity contribution in [1.82, 2.24) is 4.90 Å². The van der Waals surface area contributed by atoms with Crippen molar-refractivity contribution in [2.75, 3.05) is 31.1 Å². The monoisotopic (exact) mass is 331 g/mol. The van der Waals surface area contributed by atoms with Crippen molar-refractivity contribution in [2.24, 2.45) is 0 Å². The molecule has 6 heteroatoms. The van der Waals surface area contributed by atoms with Gasteiger partial charge in [-0.25, -0.2) is 0 Å². The smallest absolute Gasteiger partial charge is 0.269 e. The standard InChI is InChI=1S/C17H18ClN3O2/c18-16-6-1-2-7-17(16)20-10-8-19(9-11-20)13-14-4-3-5-15(12-14)21(22)23/h1-7,12H,8-11,13H2. The van der Waals surface area contributed by atoms with Gasteiger partial charge in [-0.15, -0.1) is 0 Å². The molecule has 0 aliphatic carbocycles. The van der Waals surface area contributed by atoms with Crippen molar-refractivity contribution in [1.29, 1.82) is 0 Å². The Balaban J connectivity index is 1.60. The molecule has 0 atom stereocenters. The van der Waals surface area contributed by atoms with Crippen LogP contribution in [0.1, 0.15) is 5.56 Å². The molecule has 1 saturated heterocycles. The van der Waals surface area contributed by atoms with Gasteiger partial charge in [-0.2, -0.15) is 0 Å². The Hall–Kier alpha value is -2.11. The van der Waals surface area contributed by atoms with Crippen molar-refractivity contribution in [3.05, 3.63) is 69.2 Å². The highest BCUT2D eigenvalue weighted by atomic mass is 35.5. The van der Waals surface area contributed by atoms with Crippen LogP contribution in [-0.2, 0) is 6.54 Å². The van der Waals surface area contributed by atoms with Crippen LogP contribution in [0.5, 0.6) is 0 Å². The number of anilines is 1. The first-order chi connectivity index (χ1) is 11.1. The molecule has 0 N–H and O–H groups in total. The van der Waals surface area contributed by atoms with Gasteiger partial charge in [0.15, 0.2) is 0 Å². The van der Waals surface area contributed by atoms with Gasteiger partial charge < -0.3 is 4.90 Å². The molecule has 0 radical (unpaired) electrons. The number of piperazine rings is 1. The van der Waals surface area contributed by atoms with E-state index >= 15 is 0 Å². The molecule has 0 bridgehead atoms. The van der Waals surface area contributed by atoms with E-state index in [0.717, 1.165) is 49.0 Å². The van der Waals surface area contributed by atoms with Gasteiger partial charge in [-0.3, -0.25) is 15.0 Å². The van der Waals surface area contributed by atoms with E-state index in [1.807, 2.05) is 30.3 Å². The maximum atomic E-state index is 10.8. The zero-order chi connectivity index (χ0) is 16.2. The number of nitro groups is 1. The third-order valence-electron chi connectivity index (χ3n) is 4.09. The summed E-state index contributed by atoms with van der Waals surface area (Å²) in [7, 11) is 0. The molecule has 5 nitrogen and oxygen atoms in total. The molecule has 2 aromatic carbocycles. The summed E-state index contributed by atoms with van der Waals surface area (Å²) < 4.78 is 0. The maximum absolute atomic E-state index is 10.8. The zero-order valence-corrected chi connectivity index (χ0v) is 13.4. The second-order valence-electron chi connectivity index (χ2n) is 5.64. The summed E-state index contributed by atoms with van der Waals surface area (Å²) in [6.45, 7) is 4.36. The normalized spacial score (nSPS) is 15.6. The quantitative estimate of drug-likeness (QED) is 0.635. The van der Waals surface area contributed by atoms with E-state index in [4.69, 9.17) is 11.6 Å². The molecule has 1 aliphatic heterocycles. The number of hydrogen-bond donors (Lipinski definition) is 0. The van der Waals surface area contributed by atoms with Crippen LogP contribution in [0.2, 0.25) is 5.02 Å². The average molecular weight is 332 g/mol. The van der Waals surface area contributed by atoms with Crippen LogP contribution in [-0.4, -0.2) is 36.0 Å². The van der Waals surface area contributed by atoms with Crippen molar-refractivity contribution in [3.63, 3.8) is 0 Å². The largest absolute Gasteiger partial charge is 0.368 e. The Labute approximate surface area is 140 Å². The lowest BCUT2D eigenvalue weighted by atomic mass is 10.1.